The molecule has 0 aliphatic rings. The highest BCUT2D eigenvalue weighted by molar-refractivity contribution is 5.85. The first-order chi connectivity index (χ1) is 11.1. The first kappa shape index (κ1) is 19.5. The lowest BCUT2D eigenvalue weighted by Gasteiger charge is -2.20. The van der Waals surface area contributed by atoms with Crippen LogP contribution in [0.2, 0.25) is 0 Å². The Morgan fingerprint density at radius 2 is 1.96 bits per heavy atom. The van der Waals surface area contributed by atoms with Gasteiger partial charge in [-0.3, -0.25) is 0 Å². The predicted molar refractivity (Wildman–Crippen MR) is 92.3 cm³/mol. The third kappa shape index (κ3) is 6.32. The van der Waals surface area contributed by atoms with E-state index >= 15 is 0 Å². The van der Waals surface area contributed by atoms with Crippen LogP contribution in [0.4, 0.5) is 4.79 Å². The molecular weight excluding hydrogens is 310 g/mol. The standard InChI is InChI=1S/C18H25NO5/c1-12-14(10-11-19-17(22)24-18(2,3)4)13(7-9-16(20)21)6-8-15(12)23-5/h6-9H,10-11H2,1-5H3,(H,19,22)(H,20,21)/b9-7+. The van der Waals surface area contributed by atoms with E-state index in [0.717, 1.165) is 28.5 Å². The molecule has 0 heterocycles. The van der Waals surface area contributed by atoms with Crippen LogP contribution in [0.25, 0.3) is 6.08 Å². The summed E-state index contributed by atoms with van der Waals surface area (Å²) in [6.45, 7) is 7.67. The Kier molecular flexibility index (Phi) is 6.82. The Labute approximate surface area is 142 Å². The van der Waals surface area contributed by atoms with E-state index in [1.54, 1.807) is 40.0 Å². The van der Waals surface area contributed by atoms with E-state index < -0.39 is 17.7 Å². The van der Waals surface area contributed by atoms with Gasteiger partial charge in [-0.25, -0.2) is 9.59 Å². The van der Waals surface area contributed by atoms with Gasteiger partial charge in [0.2, 0.25) is 0 Å². The summed E-state index contributed by atoms with van der Waals surface area (Å²) in [5, 5.41) is 11.5. The van der Waals surface area contributed by atoms with Crippen LogP contribution in [0.1, 0.15) is 37.5 Å². The largest absolute Gasteiger partial charge is 0.496 e. The molecule has 24 heavy (non-hydrogen) atoms. The lowest BCUT2D eigenvalue weighted by molar-refractivity contribution is -0.131. The quantitative estimate of drug-likeness (QED) is 0.780. The normalized spacial score (nSPS) is 11.4. The molecule has 0 aliphatic heterocycles. The maximum Gasteiger partial charge on any atom is 0.407 e. The molecule has 6 nitrogen and oxygen atoms in total. The predicted octanol–water partition coefficient (Wildman–Crippen LogP) is 3.17. The van der Waals surface area contributed by atoms with Crippen molar-refractivity contribution >= 4 is 18.1 Å². The number of carboxylic acids is 1. The second kappa shape index (κ2) is 8.38. The minimum atomic E-state index is -1.01. The average molecular weight is 335 g/mol. The van der Waals surface area contributed by atoms with Crippen LogP contribution in [0.5, 0.6) is 5.75 Å². The second-order valence-electron chi connectivity index (χ2n) is 6.31. The number of ether oxygens (including phenoxy) is 2. The molecule has 2 N–H and O–H groups in total. The summed E-state index contributed by atoms with van der Waals surface area (Å²) in [7, 11) is 1.58. The number of hydrogen-bond donors (Lipinski definition) is 2. The van der Waals surface area contributed by atoms with Crippen molar-refractivity contribution in [2.75, 3.05) is 13.7 Å². The molecular formula is C18H25NO5. The lowest BCUT2D eigenvalue weighted by Crippen LogP contribution is -2.33. The summed E-state index contributed by atoms with van der Waals surface area (Å²) in [5.74, 6) is -0.295. The number of carbonyl (C=O) groups excluding carboxylic acids is 1. The van der Waals surface area contributed by atoms with Crippen LogP contribution in [-0.4, -0.2) is 36.4 Å². The first-order valence-corrected chi connectivity index (χ1v) is 7.68. The van der Waals surface area contributed by atoms with Gasteiger partial charge in [-0.2, -0.15) is 0 Å². The van der Waals surface area contributed by atoms with Gasteiger partial charge in [-0.1, -0.05) is 6.07 Å². The van der Waals surface area contributed by atoms with Gasteiger partial charge in [0.1, 0.15) is 11.4 Å². The highest BCUT2D eigenvalue weighted by Gasteiger charge is 2.16. The van der Waals surface area contributed by atoms with Crippen molar-refractivity contribution in [1.82, 2.24) is 5.32 Å². The van der Waals surface area contributed by atoms with E-state index in [1.165, 1.54) is 6.08 Å². The molecule has 0 aromatic heterocycles. The van der Waals surface area contributed by atoms with Crippen LogP contribution in [0.15, 0.2) is 18.2 Å². The molecule has 1 aromatic carbocycles. The fourth-order valence-corrected chi connectivity index (χ4v) is 2.23. The lowest BCUT2D eigenvalue weighted by atomic mass is 9.97. The number of alkyl carbamates (subject to hydrolysis) is 1. The molecule has 1 rings (SSSR count). The number of methoxy groups -OCH3 is 1. The highest BCUT2D eigenvalue weighted by Crippen LogP contribution is 2.26. The minimum Gasteiger partial charge on any atom is -0.496 e. The van der Waals surface area contributed by atoms with E-state index in [1.807, 2.05) is 6.92 Å². The molecule has 132 valence electrons. The van der Waals surface area contributed by atoms with Crippen LogP contribution in [0.3, 0.4) is 0 Å². The topological polar surface area (TPSA) is 84.9 Å². The molecule has 0 aliphatic carbocycles. The number of aliphatic carboxylic acids is 1. The van der Waals surface area contributed by atoms with Gasteiger partial charge in [0, 0.05) is 12.6 Å². The Hall–Kier alpha value is -2.50. The molecule has 0 spiro atoms. The molecule has 0 fully saturated rings. The summed E-state index contributed by atoms with van der Waals surface area (Å²) in [5.41, 5.74) is 2.06. The van der Waals surface area contributed by atoms with Crippen molar-refractivity contribution in [2.45, 2.75) is 39.7 Å². The van der Waals surface area contributed by atoms with Crippen molar-refractivity contribution in [3.8, 4) is 5.75 Å². The van der Waals surface area contributed by atoms with Gasteiger partial charge in [0.05, 0.1) is 7.11 Å². The smallest absolute Gasteiger partial charge is 0.407 e. The highest BCUT2D eigenvalue weighted by atomic mass is 16.6. The summed E-state index contributed by atoms with van der Waals surface area (Å²) in [4.78, 5) is 22.5. The SMILES string of the molecule is COc1ccc(/C=C/C(=O)O)c(CCNC(=O)OC(C)(C)C)c1C. The zero-order valence-electron chi connectivity index (χ0n) is 14.8. The number of nitrogens with one attached hydrogen (secondary N) is 1. The van der Waals surface area contributed by atoms with Crippen LogP contribution in [0, 0.1) is 6.92 Å². The van der Waals surface area contributed by atoms with E-state index in [9.17, 15) is 9.59 Å². The summed E-state index contributed by atoms with van der Waals surface area (Å²) < 4.78 is 10.5. The van der Waals surface area contributed by atoms with Gasteiger partial charge in [-0.05, 0) is 62.9 Å². The molecule has 0 bridgehead atoms. The molecule has 0 radical (unpaired) electrons. The van der Waals surface area contributed by atoms with Gasteiger partial charge in [0.25, 0.3) is 0 Å². The third-order valence-corrected chi connectivity index (χ3v) is 3.25. The van der Waals surface area contributed by atoms with Crippen molar-refractivity contribution < 1.29 is 24.2 Å². The van der Waals surface area contributed by atoms with Gasteiger partial charge >= 0.3 is 12.1 Å². The van der Waals surface area contributed by atoms with Crippen LogP contribution >= 0.6 is 0 Å². The molecule has 0 saturated carbocycles. The molecule has 0 unspecified atom stereocenters. The number of carboxylic acid groups (broad SMARTS) is 1. The average Bonchev–Trinajstić information content (AvgIpc) is 2.45. The minimum absolute atomic E-state index is 0.372. The zero-order chi connectivity index (χ0) is 18.3. The van der Waals surface area contributed by atoms with Crippen molar-refractivity contribution in [1.29, 1.82) is 0 Å². The zero-order valence-corrected chi connectivity index (χ0v) is 14.8. The second-order valence-corrected chi connectivity index (χ2v) is 6.31. The van der Waals surface area contributed by atoms with Crippen molar-refractivity contribution in [3.05, 3.63) is 34.9 Å². The molecule has 0 saturated heterocycles. The summed E-state index contributed by atoms with van der Waals surface area (Å²) >= 11 is 0. The van der Waals surface area contributed by atoms with Crippen LogP contribution in [-0.2, 0) is 16.0 Å². The number of rotatable bonds is 6. The maximum atomic E-state index is 11.7. The fraction of sp³-hybridized carbons (Fsp3) is 0.444. The molecule has 1 aromatic rings. The molecule has 1 amide bonds. The van der Waals surface area contributed by atoms with Crippen molar-refractivity contribution in [3.63, 3.8) is 0 Å². The van der Waals surface area contributed by atoms with Gasteiger partial charge < -0.3 is 19.9 Å². The summed E-state index contributed by atoms with van der Waals surface area (Å²) in [6.07, 6.45) is 2.68. The summed E-state index contributed by atoms with van der Waals surface area (Å²) in [6, 6.07) is 3.59. The Morgan fingerprint density at radius 3 is 2.50 bits per heavy atom. The monoisotopic (exact) mass is 335 g/mol. The number of amides is 1. The Morgan fingerprint density at radius 1 is 1.29 bits per heavy atom. The number of hydrogen-bond acceptors (Lipinski definition) is 4. The van der Waals surface area contributed by atoms with E-state index in [-0.39, 0.29) is 0 Å². The molecule has 6 heteroatoms. The fourth-order valence-electron chi connectivity index (χ4n) is 2.23. The van der Waals surface area contributed by atoms with E-state index in [2.05, 4.69) is 5.32 Å². The van der Waals surface area contributed by atoms with Gasteiger partial charge in [-0.15, -0.1) is 0 Å². The van der Waals surface area contributed by atoms with E-state index in [4.69, 9.17) is 14.6 Å². The molecule has 0 atom stereocenters. The van der Waals surface area contributed by atoms with E-state index in [0.29, 0.717) is 13.0 Å². The first-order valence-electron chi connectivity index (χ1n) is 7.68. The Bertz CT molecular complexity index is 629. The number of benzene rings is 1. The number of carbonyl (C=O) groups is 2. The van der Waals surface area contributed by atoms with Gasteiger partial charge in [0.15, 0.2) is 0 Å². The van der Waals surface area contributed by atoms with Crippen molar-refractivity contribution in [2.24, 2.45) is 0 Å². The Balaban J connectivity index is 2.88. The maximum absolute atomic E-state index is 11.7. The van der Waals surface area contributed by atoms with Crippen LogP contribution < -0.4 is 10.1 Å². The third-order valence-electron chi connectivity index (χ3n) is 3.25.